The third-order valence-corrected chi connectivity index (χ3v) is 3.15. The molecule has 13 heavy (non-hydrogen) atoms. The normalized spacial score (nSPS) is 10.1. The molecule has 0 heterocycles. The third-order valence-electron chi connectivity index (χ3n) is 1.69. The van der Waals surface area contributed by atoms with Crippen LogP contribution in [0.2, 0.25) is 0 Å². The van der Waals surface area contributed by atoms with Crippen molar-refractivity contribution in [2.45, 2.75) is 6.92 Å². The van der Waals surface area contributed by atoms with Crippen molar-refractivity contribution < 1.29 is 4.74 Å². The Morgan fingerprint density at radius 3 is 2.85 bits per heavy atom. The van der Waals surface area contributed by atoms with Crippen LogP contribution in [0, 0.1) is 6.92 Å². The van der Waals surface area contributed by atoms with E-state index in [-0.39, 0.29) is 0 Å². The minimum atomic E-state index is 0.780. The summed E-state index contributed by atoms with van der Waals surface area (Å²) in [7, 11) is 0. The van der Waals surface area contributed by atoms with Crippen LogP contribution < -0.4 is 4.74 Å². The van der Waals surface area contributed by atoms with Gasteiger partial charge in [0.1, 0.15) is 5.75 Å². The van der Waals surface area contributed by atoms with Gasteiger partial charge in [-0.25, -0.2) is 0 Å². The summed E-state index contributed by atoms with van der Waals surface area (Å²) in [6, 6.07) is 6.05. The van der Waals surface area contributed by atoms with Crippen molar-refractivity contribution in [3.8, 4) is 5.75 Å². The maximum absolute atomic E-state index is 5.54. The summed E-state index contributed by atoms with van der Waals surface area (Å²) < 4.78 is 6.67. The maximum Gasteiger partial charge on any atom is 0.119 e. The number of hydrogen-bond donors (Lipinski definition) is 0. The molecule has 0 bridgehead atoms. The minimum absolute atomic E-state index is 0.780. The van der Waals surface area contributed by atoms with E-state index < -0.39 is 0 Å². The number of benzene rings is 1. The van der Waals surface area contributed by atoms with Crippen LogP contribution in [0.25, 0.3) is 0 Å². The summed E-state index contributed by atoms with van der Waals surface area (Å²) in [5.74, 6) is 1.99. The zero-order valence-electron chi connectivity index (χ0n) is 7.84. The van der Waals surface area contributed by atoms with Gasteiger partial charge in [-0.15, -0.1) is 0 Å². The van der Waals surface area contributed by atoms with E-state index in [0.29, 0.717) is 0 Å². The Hall–Kier alpha value is -0.150. The lowest BCUT2D eigenvalue weighted by Crippen LogP contribution is -1.99. The Bertz CT molecular complexity index is 276. The van der Waals surface area contributed by atoms with Crippen LogP contribution in [0.1, 0.15) is 5.56 Å². The van der Waals surface area contributed by atoms with Gasteiger partial charge in [0.05, 0.1) is 6.61 Å². The lowest BCUT2D eigenvalue weighted by atomic mass is 10.2. The molecule has 3 heteroatoms. The molecule has 1 rings (SSSR count). The molecule has 72 valence electrons. The van der Waals surface area contributed by atoms with E-state index in [1.165, 1.54) is 5.56 Å². The highest BCUT2D eigenvalue weighted by Gasteiger charge is 1.97. The van der Waals surface area contributed by atoms with Crippen LogP contribution in [0.15, 0.2) is 22.7 Å². The van der Waals surface area contributed by atoms with Crippen LogP contribution in [0.5, 0.6) is 5.75 Å². The molecular formula is C10H13BrOS. The predicted molar refractivity (Wildman–Crippen MR) is 62.8 cm³/mol. The molecule has 0 N–H and O–H groups in total. The van der Waals surface area contributed by atoms with Gasteiger partial charge in [-0.05, 0) is 36.9 Å². The lowest BCUT2D eigenvalue weighted by Gasteiger charge is -2.06. The van der Waals surface area contributed by atoms with E-state index in [9.17, 15) is 0 Å². The fourth-order valence-corrected chi connectivity index (χ4v) is 1.45. The first-order chi connectivity index (χ1) is 6.24. The Morgan fingerprint density at radius 2 is 2.23 bits per heavy atom. The van der Waals surface area contributed by atoms with Crippen molar-refractivity contribution in [1.29, 1.82) is 0 Å². The quantitative estimate of drug-likeness (QED) is 0.767. The van der Waals surface area contributed by atoms with Crippen LogP contribution >= 0.6 is 27.7 Å². The zero-order valence-corrected chi connectivity index (χ0v) is 10.2. The smallest absolute Gasteiger partial charge is 0.119 e. The second-order valence-electron chi connectivity index (χ2n) is 2.75. The molecule has 1 aromatic rings. The highest BCUT2D eigenvalue weighted by molar-refractivity contribution is 9.10. The first-order valence-electron chi connectivity index (χ1n) is 4.12. The van der Waals surface area contributed by atoms with Gasteiger partial charge in [0, 0.05) is 10.2 Å². The van der Waals surface area contributed by atoms with E-state index in [2.05, 4.69) is 29.1 Å². The van der Waals surface area contributed by atoms with Crippen molar-refractivity contribution >= 4 is 27.7 Å². The molecule has 0 aromatic heterocycles. The van der Waals surface area contributed by atoms with Gasteiger partial charge < -0.3 is 4.74 Å². The van der Waals surface area contributed by atoms with Gasteiger partial charge in [-0.2, -0.15) is 11.8 Å². The third kappa shape index (κ3) is 3.61. The Morgan fingerprint density at radius 1 is 1.46 bits per heavy atom. The van der Waals surface area contributed by atoms with Crippen LogP contribution in [0.4, 0.5) is 0 Å². The van der Waals surface area contributed by atoms with Crippen LogP contribution in [-0.4, -0.2) is 18.6 Å². The number of aryl methyl sites for hydroxylation is 1. The number of halogens is 1. The van der Waals surface area contributed by atoms with Gasteiger partial charge in [0.2, 0.25) is 0 Å². The maximum atomic E-state index is 5.54. The standard InChI is InChI=1S/C10H13BrOS/c1-8-7-9(3-4-10(8)11)12-5-6-13-2/h3-4,7H,5-6H2,1-2H3. The molecule has 0 saturated carbocycles. The molecule has 0 aliphatic rings. The predicted octanol–water partition coefficient (Wildman–Crippen LogP) is 3.50. The average molecular weight is 261 g/mol. The lowest BCUT2D eigenvalue weighted by molar-refractivity contribution is 0.344. The number of hydrogen-bond acceptors (Lipinski definition) is 2. The molecule has 1 nitrogen and oxygen atoms in total. The zero-order chi connectivity index (χ0) is 9.68. The van der Waals surface area contributed by atoms with Gasteiger partial charge in [0.25, 0.3) is 0 Å². The first kappa shape index (κ1) is 10.9. The van der Waals surface area contributed by atoms with E-state index in [1.807, 2.05) is 18.2 Å². The van der Waals surface area contributed by atoms with Crippen molar-refractivity contribution in [3.63, 3.8) is 0 Å². The fraction of sp³-hybridized carbons (Fsp3) is 0.400. The Kier molecular flexibility index (Phi) is 4.67. The number of thioether (sulfide) groups is 1. The summed E-state index contributed by atoms with van der Waals surface area (Å²) in [6.07, 6.45) is 2.08. The van der Waals surface area contributed by atoms with Crippen LogP contribution in [0.3, 0.4) is 0 Å². The monoisotopic (exact) mass is 260 g/mol. The van der Waals surface area contributed by atoms with Crippen molar-refractivity contribution in [2.75, 3.05) is 18.6 Å². The Labute approximate surface area is 92.0 Å². The highest BCUT2D eigenvalue weighted by Crippen LogP contribution is 2.21. The SMILES string of the molecule is CSCCOc1ccc(Br)c(C)c1. The molecule has 0 atom stereocenters. The van der Waals surface area contributed by atoms with Crippen LogP contribution in [-0.2, 0) is 0 Å². The van der Waals surface area contributed by atoms with Crippen molar-refractivity contribution in [2.24, 2.45) is 0 Å². The van der Waals surface area contributed by atoms with E-state index in [0.717, 1.165) is 22.6 Å². The second-order valence-corrected chi connectivity index (χ2v) is 4.59. The molecule has 0 aliphatic heterocycles. The Balaban J connectivity index is 2.53. The molecule has 0 unspecified atom stereocenters. The molecule has 0 amide bonds. The number of rotatable bonds is 4. The number of ether oxygens (including phenoxy) is 1. The summed E-state index contributed by atoms with van der Waals surface area (Å²) in [5.41, 5.74) is 1.21. The second kappa shape index (κ2) is 5.55. The molecule has 0 saturated heterocycles. The largest absolute Gasteiger partial charge is 0.493 e. The molecular weight excluding hydrogens is 248 g/mol. The topological polar surface area (TPSA) is 9.23 Å². The summed E-state index contributed by atoms with van der Waals surface area (Å²) in [4.78, 5) is 0. The molecule has 0 radical (unpaired) electrons. The summed E-state index contributed by atoms with van der Waals surface area (Å²) in [5, 5.41) is 0. The molecule has 0 fully saturated rings. The van der Waals surface area contributed by atoms with E-state index in [4.69, 9.17) is 4.74 Å². The van der Waals surface area contributed by atoms with Gasteiger partial charge in [-0.3, -0.25) is 0 Å². The van der Waals surface area contributed by atoms with E-state index in [1.54, 1.807) is 11.8 Å². The first-order valence-corrected chi connectivity index (χ1v) is 6.30. The summed E-state index contributed by atoms with van der Waals surface area (Å²) >= 11 is 5.25. The fourth-order valence-electron chi connectivity index (χ4n) is 0.950. The van der Waals surface area contributed by atoms with Crippen molar-refractivity contribution in [3.05, 3.63) is 28.2 Å². The molecule has 0 aliphatic carbocycles. The molecule has 1 aromatic carbocycles. The highest BCUT2D eigenvalue weighted by atomic mass is 79.9. The van der Waals surface area contributed by atoms with E-state index >= 15 is 0 Å². The van der Waals surface area contributed by atoms with Gasteiger partial charge in [-0.1, -0.05) is 15.9 Å². The molecule has 0 spiro atoms. The van der Waals surface area contributed by atoms with Gasteiger partial charge >= 0.3 is 0 Å². The summed E-state index contributed by atoms with van der Waals surface area (Å²) in [6.45, 7) is 2.84. The average Bonchev–Trinajstić information content (AvgIpc) is 2.12. The van der Waals surface area contributed by atoms with Crippen molar-refractivity contribution in [1.82, 2.24) is 0 Å². The van der Waals surface area contributed by atoms with Gasteiger partial charge in [0.15, 0.2) is 0 Å². The minimum Gasteiger partial charge on any atom is -0.493 e.